The number of hydrogen-bond acceptors (Lipinski definition) is 2. The van der Waals surface area contributed by atoms with E-state index in [1.54, 1.807) is 11.3 Å². The Kier molecular flexibility index (Phi) is 3.42. The number of halogens is 1. The summed E-state index contributed by atoms with van der Waals surface area (Å²) in [7, 11) is 0. The summed E-state index contributed by atoms with van der Waals surface area (Å²) >= 11 is 8.38. The summed E-state index contributed by atoms with van der Waals surface area (Å²) in [5.41, 5.74) is 5.12. The fourth-order valence-corrected chi connectivity index (χ4v) is 3.79. The molecule has 1 aliphatic heterocycles. The highest BCUT2D eigenvalue weighted by Crippen LogP contribution is 2.36. The second-order valence-corrected chi connectivity index (χ2v) is 5.93. The minimum atomic E-state index is -0.0363. The minimum absolute atomic E-state index is 0.0363. The normalized spacial score (nSPS) is 15.7. The Balaban J connectivity index is 1.95. The van der Waals surface area contributed by atoms with E-state index in [-0.39, 0.29) is 5.38 Å². The molecule has 1 unspecified atom stereocenters. The number of ether oxygens (including phenoxy) is 1. The third kappa shape index (κ3) is 2.09. The van der Waals surface area contributed by atoms with Crippen LogP contribution in [-0.2, 0) is 24.4 Å². The second kappa shape index (κ2) is 5.04. The molecule has 2 heterocycles. The second-order valence-electron chi connectivity index (χ2n) is 4.55. The summed E-state index contributed by atoms with van der Waals surface area (Å²) in [4.78, 5) is 1.28. The van der Waals surface area contributed by atoms with Gasteiger partial charge in [-0.15, -0.1) is 22.9 Å². The largest absolute Gasteiger partial charge is 0.372 e. The highest BCUT2D eigenvalue weighted by atomic mass is 35.5. The van der Waals surface area contributed by atoms with Gasteiger partial charge in [-0.3, -0.25) is 0 Å². The van der Waals surface area contributed by atoms with Gasteiger partial charge in [-0.2, -0.15) is 0 Å². The molecular formula is C15H15ClOS. The Morgan fingerprint density at radius 1 is 1.28 bits per heavy atom. The zero-order valence-electron chi connectivity index (χ0n) is 10.3. The summed E-state index contributed by atoms with van der Waals surface area (Å²) in [5.74, 6) is 0. The van der Waals surface area contributed by atoms with E-state index in [1.165, 1.54) is 27.1 Å². The number of thiophene rings is 1. The highest BCUT2D eigenvalue weighted by molar-refractivity contribution is 7.10. The molecule has 94 valence electrons. The van der Waals surface area contributed by atoms with Crippen LogP contribution in [0.4, 0.5) is 0 Å². The molecule has 3 rings (SSSR count). The van der Waals surface area contributed by atoms with Crippen molar-refractivity contribution < 1.29 is 4.74 Å². The fraction of sp³-hybridized carbons (Fsp3) is 0.333. The number of hydrogen-bond donors (Lipinski definition) is 0. The van der Waals surface area contributed by atoms with Crippen molar-refractivity contribution >= 4 is 22.9 Å². The van der Waals surface area contributed by atoms with Crippen molar-refractivity contribution in [1.29, 1.82) is 0 Å². The number of rotatable bonds is 3. The molecule has 0 aliphatic carbocycles. The van der Waals surface area contributed by atoms with Crippen molar-refractivity contribution in [3.05, 3.63) is 56.8 Å². The van der Waals surface area contributed by atoms with Gasteiger partial charge in [-0.05, 0) is 40.1 Å². The molecule has 0 amide bonds. The van der Waals surface area contributed by atoms with Crippen LogP contribution in [0.3, 0.4) is 0 Å². The predicted octanol–water partition coefficient (Wildman–Crippen LogP) is 4.67. The lowest BCUT2D eigenvalue weighted by Crippen LogP contribution is -1.96. The Morgan fingerprint density at radius 2 is 2.11 bits per heavy atom. The van der Waals surface area contributed by atoms with Crippen molar-refractivity contribution in [3.8, 4) is 0 Å². The maximum absolute atomic E-state index is 6.63. The Bertz CT molecular complexity index is 561. The van der Waals surface area contributed by atoms with Gasteiger partial charge in [0.05, 0.1) is 18.6 Å². The van der Waals surface area contributed by atoms with E-state index >= 15 is 0 Å². The zero-order chi connectivity index (χ0) is 12.5. The molecule has 1 aromatic heterocycles. The molecule has 3 heteroatoms. The van der Waals surface area contributed by atoms with E-state index in [0.717, 1.165) is 19.6 Å². The molecule has 1 aliphatic rings. The summed E-state index contributed by atoms with van der Waals surface area (Å²) < 4.78 is 5.44. The van der Waals surface area contributed by atoms with E-state index in [2.05, 4.69) is 36.6 Å². The van der Waals surface area contributed by atoms with Crippen molar-refractivity contribution in [2.75, 3.05) is 0 Å². The average molecular weight is 279 g/mol. The molecule has 2 aromatic rings. The van der Waals surface area contributed by atoms with Crippen molar-refractivity contribution in [1.82, 2.24) is 0 Å². The molecule has 0 saturated heterocycles. The lowest BCUT2D eigenvalue weighted by molar-refractivity contribution is 0.134. The molecule has 1 aromatic carbocycles. The average Bonchev–Trinajstić information content (AvgIpc) is 3.05. The van der Waals surface area contributed by atoms with Crippen LogP contribution in [0.25, 0.3) is 0 Å². The standard InChI is InChI=1S/C15H15ClOS/c1-2-10-5-6-18-15(10)14(16)11-3-4-12-8-17-9-13(12)7-11/h3-7,14H,2,8-9H2,1H3. The lowest BCUT2D eigenvalue weighted by atomic mass is 10.0. The molecule has 1 atom stereocenters. The fourth-order valence-electron chi connectivity index (χ4n) is 2.36. The SMILES string of the molecule is CCc1ccsc1C(Cl)c1ccc2c(c1)COC2. The van der Waals surface area contributed by atoms with Gasteiger partial charge in [-0.25, -0.2) is 0 Å². The summed E-state index contributed by atoms with van der Waals surface area (Å²) in [5, 5.41) is 2.09. The first-order valence-corrected chi connectivity index (χ1v) is 7.51. The first kappa shape index (κ1) is 12.2. The molecule has 0 fully saturated rings. The van der Waals surface area contributed by atoms with Gasteiger partial charge in [0.2, 0.25) is 0 Å². The molecule has 0 N–H and O–H groups in total. The van der Waals surface area contributed by atoms with Gasteiger partial charge in [0.1, 0.15) is 0 Å². The van der Waals surface area contributed by atoms with Crippen molar-refractivity contribution in [3.63, 3.8) is 0 Å². The maximum Gasteiger partial charge on any atom is 0.0930 e. The topological polar surface area (TPSA) is 9.23 Å². The van der Waals surface area contributed by atoms with Gasteiger partial charge in [-0.1, -0.05) is 25.1 Å². The first-order chi connectivity index (χ1) is 8.79. The van der Waals surface area contributed by atoms with E-state index < -0.39 is 0 Å². The van der Waals surface area contributed by atoms with Crippen LogP contribution >= 0.6 is 22.9 Å². The zero-order valence-corrected chi connectivity index (χ0v) is 11.9. The third-order valence-corrected chi connectivity index (χ3v) is 5.05. The lowest BCUT2D eigenvalue weighted by Gasteiger charge is -2.11. The molecule has 1 nitrogen and oxygen atoms in total. The van der Waals surface area contributed by atoms with Crippen LogP contribution in [0.1, 0.15) is 39.4 Å². The number of alkyl halides is 1. The van der Waals surface area contributed by atoms with Gasteiger partial charge in [0.25, 0.3) is 0 Å². The quantitative estimate of drug-likeness (QED) is 0.742. The Labute approximate surface area is 116 Å². The molecule has 0 radical (unpaired) electrons. The van der Waals surface area contributed by atoms with Crippen LogP contribution < -0.4 is 0 Å². The van der Waals surface area contributed by atoms with E-state index in [4.69, 9.17) is 16.3 Å². The molecule has 0 saturated carbocycles. The summed E-state index contributed by atoms with van der Waals surface area (Å²) in [6, 6.07) is 8.64. The van der Waals surface area contributed by atoms with Crippen LogP contribution in [0.15, 0.2) is 29.6 Å². The van der Waals surface area contributed by atoms with E-state index in [1.807, 2.05) is 0 Å². The number of fused-ring (bicyclic) bond motifs is 1. The Morgan fingerprint density at radius 3 is 2.94 bits per heavy atom. The van der Waals surface area contributed by atoms with Crippen LogP contribution in [-0.4, -0.2) is 0 Å². The van der Waals surface area contributed by atoms with Gasteiger partial charge < -0.3 is 4.74 Å². The summed E-state index contributed by atoms with van der Waals surface area (Å²) in [6.45, 7) is 3.63. The number of benzene rings is 1. The monoisotopic (exact) mass is 278 g/mol. The van der Waals surface area contributed by atoms with E-state index in [9.17, 15) is 0 Å². The van der Waals surface area contributed by atoms with Crippen LogP contribution in [0.5, 0.6) is 0 Å². The molecule has 0 bridgehead atoms. The summed E-state index contributed by atoms with van der Waals surface area (Å²) in [6.07, 6.45) is 1.04. The van der Waals surface area contributed by atoms with Gasteiger partial charge in [0.15, 0.2) is 0 Å². The van der Waals surface area contributed by atoms with Crippen LogP contribution in [0, 0.1) is 0 Å². The van der Waals surface area contributed by atoms with Crippen molar-refractivity contribution in [2.24, 2.45) is 0 Å². The minimum Gasteiger partial charge on any atom is -0.372 e. The van der Waals surface area contributed by atoms with E-state index in [0.29, 0.717) is 0 Å². The molecule has 18 heavy (non-hydrogen) atoms. The predicted molar refractivity (Wildman–Crippen MR) is 76.3 cm³/mol. The smallest absolute Gasteiger partial charge is 0.0930 e. The maximum atomic E-state index is 6.63. The molecular weight excluding hydrogens is 264 g/mol. The van der Waals surface area contributed by atoms with Gasteiger partial charge in [0, 0.05) is 4.88 Å². The first-order valence-electron chi connectivity index (χ1n) is 6.19. The highest BCUT2D eigenvalue weighted by Gasteiger charge is 2.18. The number of aryl methyl sites for hydroxylation is 1. The van der Waals surface area contributed by atoms with Crippen molar-refractivity contribution in [2.45, 2.75) is 31.9 Å². The Hall–Kier alpha value is -0.830. The molecule has 0 spiro atoms. The van der Waals surface area contributed by atoms with Gasteiger partial charge >= 0.3 is 0 Å². The van der Waals surface area contributed by atoms with Crippen LogP contribution in [0.2, 0.25) is 0 Å². The third-order valence-electron chi connectivity index (χ3n) is 3.43.